The highest BCUT2D eigenvalue weighted by Crippen LogP contribution is 2.27. The zero-order chi connectivity index (χ0) is 34.0. The van der Waals surface area contributed by atoms with Crippen molar-refractivity contribution >= 4 is 38.6 Å². The average molecular weight is 666 g/mol. The number of carbonyl (C=O) groups excluding carboxylic acids is 4. The monoisotopic (exact) mass is 665 g/mol. The Labute approximate surface area is 278 Å². The van der Waals surface area contributed by atoms with Crippen molar-refractivity contribution in [2.45, 2.75) is 90.3 Å². The molecule has 0 aromatic heterocycles. The lowest BCUT2D eigenvalue weighted by atomic mass is 10.0. The number of amides is 4. The van der Waals surface area contributed by atoms with E-state index in [1.54, 1.807) is 4.90 Å². The molecule has 4 amide bonds. The van der Waals surface area contributed by atoms with Gasteiger partial charge >= 0.3 is 0 Å². The van der Waals surface area contributed by atoms with Crippen molar-refractivity contribution in [3.63, 3.8) is 0 Å². The molecule has 2 aliphatic rings. The molecule has 11 nitrogen and oxygen atoms in total. The van der Waals surface area contributed by atoms with Crippen molar-refractivity contribution < 1.29 is 27.6 Å². The maximum Gasteiger partial charge on any atom is 0.265 e. The van der Waals surface area contributed by atoms with E-state index in [2.05, 4.69) is 22.9 Å². The highest BCUT2D eigenvalue weighted by molar-refractivity contribution is 7.99. The summed E-state index contributed by atoms with van der Waals surface area (Å²) in [5.41, 5.74) is 1.29. The van der Waals surface area contributed by atoms with Gasteiger partial charge in [-0.15, -0.1) is 0 Å². The van der Waals surface area contributed by atoms with Gasteiger partial charge in [-0.1, -0.05) is 63.9 Å². The quantitative estimate of drug-likeness (QED) is 0.190. The third-order valence-corrected chi connectivity index (χ3v) is 9.55. The summed E-state index contributed by atoms with van der Waals surface area (Å²) in [6.07, 6.45) is 7.33. The number of nitrogens with one attached hydrogen (secondary N) is 4. The van der Waals surface area contributed by atoms with E-state index in [9.17, 15) is 27.6 Å². The molecule has 1 fully saturated rings. The van der Waals surface area contributed by atoms with Crippen LogP contribution in [0.2, 0.25) is 0 Å². The van der Waals surface area contributed by atoms with Crippen LogP contribution in [0.5, 0.6) is 0 Å². The number of carbonyl (C=O) groups is 4. The van der Waals surface area contributed by atoms with E-state index in [0.717, 1.165) is 50.2 Å². The normalized spacial score (nSPS) is 16.5. The van der Waals surface area contributed by atoms with Gasteiger partial charge in [0.05, 0.1) is 6.04 Å². The number of nitrogens with zero attached hydrogens (tertiary/aromatic N) is 1. The molecule has 0 saturated heterocycles. The summed E-state index contributed by atoms with van der Waals surface area (Å²) in [7, 11) is -4.16. The molecule has 4 rings (SSSR count). The fourth-order valence-electron chi connectivity index (χ4n) is 5.60. The molecule has 4 N–H and O–H groups in total. The summed E-state index contributed by atoms with van der Waals surface area (Å²) in [6.45, 7) is 7.29. The number of sulfonamides is 1. The Morgan fingerprint density at radius 2 is 1.64 bits per heavy atom. The van der Waals surface area contributed by atoms with Crippen LogP contribution in [0, 0.1) is 0 Å². The first-order valence-electron chi connectivity index (χ1n) is 16.7. The van der Waals surface area contributed by atoms with E-state index in [1.165, 1.54) is 18.2 Å². The van der Waals surface area contributed by atoms with Gasteiger partial charge in [0.2, 0.25) is 5.91 Å². The first-order valence-corrected chi connectivity index (χ1v) is 18.1. The predicted molar refractivity (Wildman–Crippen MR) is 182 cm³/mol. The van der Waals surface area contributed by atoms with Crippen LogP contribution >= 0.6 is 0 Å². The SMILES string of the molecule is CCCC[C@H](NC[C@H](Cc1ccccc1)NC(=O)c1cc(C(=O)N(CCC)CCC)cc(C2=CC(=O)NS2(=O)=O)c1)C(=O)NC1CC1. The highest BCUT2D eigenvalue weighted by atomic mass is 32.2. The molecule has 2 aromatic carbocycles. The van der Waals surface area contributed by atoms with E-state index in [4.69, 9.17) is 0 Å². The van der Waals surface area contributed by atoms with Gasteiger partial charge in [-0.2, -0.15) is 0 Å². The van der Waals surface area contributed by atoms with Gasteiger partial charge in [-0.25, -0.2) is 13.1 Å². The van der Waals surface area contributed by atoms with E-state index >= 15 is 0 Å². The summed E-state index contributed by atoms with van der Waals surface area (Å²) in [5.74, 6) is -1.68. The summed E-state index contributed by atoms with van der Waals surface area (Å²) in [5, 5.41) is 9.54. The summed E-state index contributed by atoms with van der Waals surface area (Å²) in [6, 6.07) is 13.3. The molecule has 12 heteroatoms. The Hall–Kier alpha value is -4.03. The molecule has 1 saturated carbocycles. The van der Waals surface area contributed by atoms with Crippen molar-refractivity contribution in [3.8, 4) is 0 Å². The third-order valence-electron chi connectivity index (χ3n) is 8.14. The average Bonchev–Trinajstić information content (AvgIpc) is 3.81. The molecule has 2 aromatic rings. The summed E-state index contributed by atoms with van der Waals surface area (Å²) < 4.78 is 27.5. The Kier molecular flexibility index (Phi) is 12.7. The summed E-state index contributed by atoms with van der Waals surface area (Å²) >= 11 is 0. The Bertz CT molecular complexity index is 1570. The largest absolute Gasteiger partial charge is 0.352 e. The van der Waals surface area contributed by atoms with E-state index < -0.39 is 33.9 Å². The minimum atomic E-state index is -4.16. The van der Waals surface area contributed by atoms with Crippen LogP contribution in [-0.2, 0) is 26.0 Å². The van der Waals surface area contributed by atoms with Crippen LogP contribution in [0.25, 0.3) is 4.91 Å². The van der Waals surface area contributed by atoms with Crippen LogP contribution in [0.3, 0.4) is 0 Å². The zero-order valence-corrected chi connectivity index (χ0v) is 28.3. The lowest BCUT2D eigenvalue weighted by Gasteiger charge is -2.25. The lowest BCUT2D eigenvalue weighted by Crippen LogP contribution is -2.51. The molecular weight excluding hydrogens is 618 g/mol. The van der Waals surface area contributed by atoms with Gasteiger partial charge in [-0.05, 0) is 67.9 Å². The number of hydrogen-bond donors (Lipinski definition) is 4. The smallest absolute Gasteiger partial charge is 0.265 e. The number of unbranched alkanes of at least 4 members (excludes halogenated alkanes) is 1. The second-order valence-electron chi connectivity index (χ2n) is 12.3. The van der Waals surface area contributed by atoms with Gasteiger partial charge < -0.3 is 20.9 Å². The van der Waals surface area contributed by atoms with Crippen LogP contribution < -0.4 is 20.7 Å². The Morgan fingerprint density at radius 3 is 2.23 bits per heavy atom. The molecule has 1 heterocycles. The molecule has 1 aliphatic carbocycles. The number of rotatable bonds is 18. The van der Waals surface area contributed by atoms with Gasteiger partial charge in [0.1, 0.15) is 4.91 Å². The minimum Gasteiger partial charge on any atom is -0.352 e. The molecule has 0 spiro atoms. The minimum absolute atomic E-state index is 0.0421. The number of benzene rings is 2. The first-order chi connectivity index (χ1) is 22.5. The molecule has 1 aliphatic heterocycles. The fourth-order valence-corrected chi connectivity index (χ4v) is 6.73. The second-order valence-corrected chi connectivity index (χ2v) is 14.0. The van der Waals surface area contributed by atoms with Crippen molar-refractivity contribution in [2.24, 2.45) is 0 Å². The van der Waals surface area contributed by atoms with Gasteiger partial charge in [0.15, 0.2) is 0 Å². The Morgan fingerprint density at radius 1 is 0.957 bits per heavy atom. The maximum atomic E-state index is 13.9. The van der Waals surface area contributed by atoms with E-state index in [-0.39, 0.29) is 39.5 Å². The molecular formula is C35H47N5O6S. The highest BCUT2D eigenvalue weighted by Gasteiger charge is 2.31. The predicted octanol–water partition coefficient (Wildman–Crippen LogP) is 3.52. The maximum absolute atomic E-state index is 13.9. The molecule has 2 atom stereocenters. The lowest BCUT2D eigenvalue weighted by molar-refractivity contribution is -0.123. The fraction of sp³-hybridized carbons (Fsp3) is 0.486. The topological polar surface area (TPSA) is 154 Å². The molecule has 0 radical (unpaired) electrons. The second kappa shape index (κ2) is 16.7. The van der Waals surface area contributed by atoms with Crippen LogP contribution in [0.15, 0.2) is 54.6 Å². The van der Waals surface area contributed by atoms with Gasteiger partial charge in [-0.3, -0.25) is 19.2 Å². The van der Waals surface area contributed by atoms with Crippen LogP contribution in [0.4, 0.5) is 0 Å². The van der Waals surface area contributed by atoms with Gasteiger partial charge in [0, 0.05) is 48.9 Å². The van der Waals surface area contributed by atoms with E-state index in [0.29, 0.717) is 32.5 Å². The van der Waals surface area contributed by atoms with E-state index in [1.807, 2.05) is 48.9 Å². The van der Waals surface area contributed by atoms with Gasteiger partial charge in [0.25, 0.3) is 27.7 Å². The van der Waals surface area contributed by atoms with Crippen molar-refractivity contribution in [1.82, 2.24) is 25.6 Å². The third kappa shape index (κ3) is 10.2. The van der Waals surface area contributed by atoms with Crippen molar-refractivity contribution in [1.29, 1.82) is 0 Å². The summed E-state index contributed by atoms with van der Waals surface area (Å²) in [4.78, 5) is 54.0. The molecule has 254 valence electrons. The van der Waals surface area contributed by atoms with Crippen LogP contribution in [-0.4, -0.2) is 74.7 Å². The molecule has 0 bridgehead atoms. The molecule has 0 unspecified atom stereocenters. The van der Waals surface area contributed by atoms with Crippen LogP contribution in [0.1, 0.15) is 97.6 Å². The first kappa shape index (κ1) is 35.8. The van der Waals surface area contributed by atoms with Crippen molar-refractivity contribution in [2.75, 3.05) is 19.6 Å². The standard InChI is InChI=1S/C35H47N5O6S/c1-4-7-13-30(34(43)37-28-14-15-28)36-23-29(18-24-11-9-8-10-12-24)38-33(42)26-19-25(31-22-32(41)39-47(31,45)46)20-27(21-26)35(44)40(16-5-2)17-6-3/h8-12,19-22,28-30,36H,4-7,13-18,23H2,1-3H3,(H,37,43)(H,38,42)(H,39,41)/t29-,30-/m0/s1. The zero-order valence-electron chi connectivity index (χ0n) is 27.5. The number of hydrogen-bond acceptors (Lipinski definition) is 7. The molecule has 47 heavy (non-hydrogen) atoms. The van der Waals surface area contributed by atoms with Crippen molar-refractivity contribution in [3.05, 3.63) is 76.9 Å². The Balaban J connectivity index is 1.65.